The molecule has 0 fully saturated rings. The fourth-order valence-corrected chi connectivity index (χ4v) is 1.72. The molecule has 5 heteroatoms. The van der Waals surface area contributed by atoms with E-state index in [9.17, 15) is 4.79 Å². The summed E-state index contributed by atoms with van der Waals surface area (Å²) in [6, 6.07) is 7.13. The van der Waals surface area contributed by atoms with Crippen molar-refractivity contribution >= 4 is 5.91 Å². The Labute approximate surface area is 111 Å². The highest BCUT2D eigenvalue weighted by Gasteiger charge is 2.18. The average molecular weight is 260 g/mol. The molecule has 0 aromatic carbocycles. The van der Waals surface area contributed by atoms with Gasteiger partial charge in [-0.3, -0.25) is 9.78 Å². The molecule has 2 rings (SSSR count). The number of carbonyl (C=O) groups excluding carboxylic acids is 1. The van der Waals surface area contributed by atoms with Gasteiger partial charge in [0.15, 0.2) is 5.76 Å². The van der Waals surface area contributed by atoms with Crippen LogP contribution in [0.2, 0.25) is 0 Å². The minimum absolute atomic E-state index is 0.140. The van der Waals surface area contributed by atoms with E-state index in [4.69, 9.17) is 9.15 Å². The largest absolute Gasteiger partial charge is 0.459 e. The second kappa shape index (κ2) is 6.70. The van der Waals surface area contributed by atoms with Crippen LogP contribution in [0.4, 0.5) is 0 Å². The normalized spacial score (nSPS) is 10.4. The maximum Gasteiger partial charge on any atom is 0.289 e. The molecule has 2 aromatic rings. The predicted octanol–water partition coefficient (Wildman–Crippen LogP) is 1.96. The van der Waals surface area contributed by atoms with Crippen LogP contribution in [0.15, 0.2) is 47.3 Å². The number of amides is 1. The Morgan fingerprint density at radius 2 is 2.16 bits per heavy atom. The molecule has 0 aliphatic carbocycles. The van der Waals surface area contributed by atoms with Gasteiger partial charge in [0.2, 0.25) is 0 Å². The quantitative estimate of drug-likeness (QED) is 0.796. The molecule has 0 saturated heterocycles. The van der Waals surface area contributed by atoms with Crippen LogP contribution in [0.3, 0.4) is 0 Å². The maximum absolute atomic E-state index is 12.3. The van der Waals surface area contributed by atoms with Crippen molar-refractivity contribution in [1.82, 2.24) is 9.88 Å². The van der Waals surface area contributed by atoms with Crippen molar-refractivity contribution in [2.75, 3.05) is 20.3 Å². The van der Waals surface area contributed by atoms with Gasteiger partial charge < -0.3 is 14.1 Å². The van der Waals surface area contributed by atoms with Crippen molar-refractivity contribution in [3.8, 4) is 0 Å². The van der Waals surface area contributed by atoms with Crippen LogP contribution < -0.4 is 0 Å². The van der Waals surface area contributed by atoms with Gasteiger partial charge in [-0.2, -0.15) is 0 Å². The van der Waals surface area contributed by atoms with E-state index in [1.54, 1.807) is 36.5 Å². The van der Waals surface area contributed by atoms with Gasteiger partial charge >= 0.3 is 0 Å². The number of carbonyl (C=O) groups is 1. The molecule has 2 heterocycles. The van der Waals surface area contributed by atoms with Crippen molar-refractivity contribution in [2.24, 2.45) is 0 Å². The van der Waals surface area contributed by atoms with E-state index in [0.717, 1.165) is 5.56 Å². The van der Waals surface area contributed by atoms with Crippen LogP contribution in [-0.4, -0.2) is 36.1 Å². The molecule has 0 saturated carbocycles. The molecule has 100 valence electrons. The number of aromatic nitrogens is 1. The molecule has 1 amide bonds. The van der Waals surface area contributed by atoms with Crippen LogP contribution in [0, 0.1) is 0 Å². The molecule has 0 radical (unpaired) electrons. The number of hydrogen-bond acceptors (Lipinski definition) is 4. The van der Waals surface area contributed by atoms with Gasteiger partial charge in [0, 0.05) is 32.6 Å². The Kier molecular flexibility index (Phi) is 4.69. The van der Waals surface area contributed by atoms with E-state index in [1.807, 2.05) is 12.1 Å². The summed E-state index contributed by atoms with van der Waals surface area (Å²) >= 11 is 0. The van der Waals surface area contributed by atoms with Gasteiger partial charge in [-0.05, 0) is 29.8 Å². The molecule has 0 bridgehead atoms. The van der Waals surface area contributed by atoms with Gasteiger partial charge in [0.1, 0.15) is 0 Å². The van der Waals surface area contributed by atoms with Gasteiger partial charge in [-0.15, -0.1) is 0 Å². The third-order valence-corrected chi connectivity index (χ3v) is 2.71. The van der Waals surface area contributed by atoms with E-state index in [0.29, 0.717) is 25.5 Å². The Bertz CT molecular complexity index is 497. The first-order valence-electron chi connectivity index (χ1n) is 6.02. The minimum atomic E-state index is -0.140. The zero-order valence-corrected chi connectivity index (χ0v) is 10.8. The maximum atomic E-state index is 12.3. The van der Waals surface area contributed by atoms with Gasteiger partial charge in [-0.25, -0.2) is 0 Å². The van der Waals surface area contributed by atoms with E-state index in [2.05, 4.69) is 4.98 Å². The topological polar surface area (TPSA) is 55.6 Å². The summed E-state index contributed by atoms with van der Waals surface area (Å²) in [7, 11) is 1.61. The Balaban J connectivity index is 2.09. The van der Waals surface area contributed by atoms with Gasteiger partial charge in [-0.1, -0.05) is 0 Å². The van der Waals surface area contributed by atoms with Crippen molar-refractivity contribution in [2.45, 2.75) is 6.54 Å². The number of methoxy groups -OCH3 is 1. The highest BCUT2D eigenvalue weighted by molar-refractivity contribution is 5.91. The fourth-order valence-electron chi connectivity index (χ4n) is 1.72. The molecule has 19 heavy (non-hydrogen) atoms. The van der Waals surface area contributed by atoms with Crippen LogP contribution in [0.1, 0.15) is 16.1 Å². The molecule has 0 spiro atoms. The van der Waals surface area contributed by atoms with Crippen molar-refractivity contribution in [3.05, 3.63) is 54.2 Å². The second-order valence-electron chi connectivity index (χ2n) is 4.05. The monoisotopic (exact) mass is 260 g/mol. The van der Waals surface area contributed by atoms with Gasteiger partial charge in [0.25, 0.3) is 5.91 Å². The number of hydrogen-bond donors (Lipinski definition) is 0. The number of ether oxygens (including phenoxy) is 1. The Hall–Kier alpha value is -2.14. The molecule has 0 aliphatic heterocycles. The summed E-state index contributed by atoms with van der Waals surface area (Å²) in [5.41, 5.74) is 1.02. The SMILES string of the molecule is COCCN(Cc1ccncc1)C(=O)c1ccco1. The molecular weight excluding hydrogens is 244 g/mol. The first-order valence-corrected chi connectivity index (χ1v) is 6.02. The molecule has 5 nitrogen and oxygen atoms in total. The Morgan fingerprint density at radius 1 is 1.37 bits per heavy atom. The molecular formula is C14H16N2O3. The van der Waals surface area contributed by atoms with Crippen molar-refractivity contribution in [1.29, 1.82) is 0 Å². The first kappa shape index (κ1) is 13.3. The summed E-state index contributed by atoms with van der Waals surface area (Å²) in [4.78, 5) is 17.9. The summed E-state index contributed by atoms with van der Waals surface area (Å²) in [5.74, 6) is 0.198. The van der Waals surface area contributed by atoms with E-state index in [1.165, 1.54) is 6.26 Å². The highest BCUT2D eigenvalue weighted by Crippen LogP contribution is 2.10. The van der Waals surface area contributed by atoms with Crippen LogP contribution in [-0.2, 0) is 11.3 Å². The third-order valence-electron chi connectivity index (χ3n) is 2.71. The molecule has 0 aliphatic rings. The highest BCUT2D eigenvalue weighted by atomic mass is 16.5. The smallest absolute Gasteiger partial charge is 0.289 e. The number of nitrogens with zero attached hydrogens (tertiary/aromatic N) is 2. The van der Waals surface area contributed by atoms with Gasteiger partial charge in [0.05, 0.1) is 12.9 Å². The summed E-state index contributed by atoms with van der Waals surface area (Å²) < 4.78 is 10.2. The van der Waals surface area contributed by atoms with Crippen molar-refractivity contribution in [3.63, 3.8) is 0 Å². The predicted molar refractivity (Wildman–Crippen MR) is 69.6 cm³/mol. The molecule has 0 N–H and O–H groups in total. The second-order valence-corrected chi connectivity index (χ2v) is 4.05. The lowest BCUT2D eigenvalue weighted by Gasteiger charge is -2.21. The third kappa shape index (κ3) is 3.66. The van der Waals surface area contributed by atoms with E-state index in [-0.39, 0.29) is 5.91 Å². The average Bonchev–Trinajstić information content (AvgIpc) is 2.98. The lowest BCUT2D eigenvalue weighted by atomic mass is 10.2. The number of furan rings is 1. The molecule has 2 aromatic heterocycles. The van der Waals surface area contributed by atoms with Crippen molar-refractivity contribution < 1.29 is 13.9 Å². The summed E-state index contributed by atoms with van der Waals surface area (Å²) in [6.45, 7) is 1.50. The summed E-state index contributed by atoms with van der Waals surface area (Å²) in [6.07, 6.45) is 4.91. The fraction of sp³-hybridized carbons (Fsp3) is 0.286. The van der Waals surface area contributed by atoms with Crippen LogP contribution in [0.5, 0.6) is 0 Å². The molecule has 0 atom stereocenters. The lowest BCUT2D eigenvalue weighted by Crippen LogP contribution is -2.33. The van der Waals surface area contributed by atoms with Crippen LogP contribution >= 0.6 is 0 Å². The molecule has 0 unspecified atom stereocenters. The van der Waals surface area contributed by atoms with E-state index >= 15 is 0 Å². The lowest BCUT2D eigenvalue weighted by molar-refractivity contribution is 0.0649. The standard InChI is InChI=1S/C14H16N2O3/c1-18-10-8-16(11-12-4-6-15-7-5-12)14(17)13-3-2-9-19-13/h2-7,9H,8,10-11H2,1H3. The zero-order valence-electron chi connectivity index (χ0n) is 10.8. The van der Waals surface area contributed by atoms with E-state index < -0.39 is 0 Å². The summed E-state index contributed by atoms with van der Waals surface area (Å²) in [5, 5.41) is 0. The zero-order chi connectivity index (χ0) is 13.5. The Morgan fingerprint density at radius 3 is 2.79 bits per heavy atom. The number of rotatable bonds is 6. The van der Waals surface area contributed by atoms with Crippen LogP contribution in [0.25, 0.3) is 0 Å². The number of pyridine rings is 1. The first-order chi connectivity index (χ1) is 9.31. The minimum Gasteiger partial charge on any atom is -0.459 e.